The van der Waals surface area contributed by atoms with Crippen LogP contribution >= 0.6 is 0 Å². The summed E-state index contributed by atoms with van der Waals surface area (Å²) in [5.41, 5.74) is 1.44. The summed E-state index contributed by atoms with van der Waals surface area (Å²) in [6.07, 6.45) is 9.85. The Morgan fingerprint density at radius 2 is 2.12 bits per heavy atom. The lowest BCUT2D eigenvalue weighted by Crippen LogP contribution is -2.57. The van der Waals surface area contributed by atoms with Gasteiger partial charge >= 0.3 is 0 Å². The summed E-state index contributed by atoms with van der Waals surface area (Å²) in [5.74, 6) is -0.0472. The van der Waals surface area contributed by atoms with Crippen molar-refractivity contribution in [2.24, 2.45) is 0 Å². The van der Waals surface area contributed by atoms with Crippen molar-refractivity contribution in [3.05, 3.63) is 48.4 Å². The zero-order valence-electron chi connectivity index (χ0n) is 14.1. The van der Waals surface area contributed by atoms with Crippen LogP contribution in [0.4, 0.5) is 0 Å². The molecule has 0 N–H and O–H groups in total. The number of nitrogens with zero attached hydrogens (tertiary/aromatic N) is 4. The number of amides is 1. The Kier molecular flexibility index (Phi) is 4.50. The van der Waals surface area contributed by atoms with E-state index in [1.807, 2.05) is 11.0 Å². The van der Waals surface area contributed by atoms with Crippen LogP contribution < -0.4 is 0 Å². The molecule has 2 saturated heterocycles. The number of carbonyl (C=O) groups is 1. The van der Waals surface area contributed by atoms with Crippen LogP contribution in [0.25, 0.3) is 0 Å². The molecule has 4 heterocycles. The van der Waals surface area contributed by atoms with Crippen LogP contribution in [0.2, 0.25) is 0 Å². The third kappa shape index (κ3) is 3.57. The van der Waals surface area contributed by atoms with Crippen molar-refractivity contribution in [2.75, 3.05) is 32.8 Å². The molecule has 1 spiro atoms. The minimum Gasteiger partial charge on any atom is -0.472 e. The summed E-state index contributed by atoms with van der Waals surface area (Å²) >= 11 is 0. The maximum Gasteiger partial charge on any atom is 0.274 e. The van der Waals surface area contributed by atoms with Crippen LogP contribution in [-0.4, -0.2) is 64.1 Å². The van der Waals surface area contributed by atoms with Gasteiger partial charge in [0.05, 0.1) is 30.9 Å². The molecule has 0 bridgehead atoms. The number of ether oxygens (including phenoxy) is 1. The zero-order chi connectivity index (χ0) is 17.1. The predicted molar refractivity (Wildman–Crippen MR) is 89.8 cm³/mol. The molecule has 0 unspecified atom stereocenters. The van der Waals surface area contributed by atoms with Gasteiger partial charge in [0.15, 0.2) is 0 Å². The minimum absolute atomic E-state index is 0.0472. The number of likely N-dealkylation sites (tertiary alicyclic amines) is 1. The van der Waals surface area contributed by atoms with Gasteiger partial charge in [-0.1, -0.05) is 0 Å². The number of furan rings is 1. The van der Waals surface area contributed by atoms with E-state index >= 15 is 0 Å². The Hall–Kier alpha value is -2.25. The molecular formula is C18H22N4O3. The third-order valence-electron chi connectivity index (χ3n) is 5.06. The van der Waals surface area contributed by atoms with E-state index in [0.29, 0.717) is 18.8 Å². The van der Waals surface area contributed by atoms with Crippen LogP contribution in [0.5, 0.6) is 0 Å². The molecule has 2 aliphatic rings. The largest absolute Gasteiger partial charge is 0.472 e. The highest BCUT2D eigenvalue weighted by Gasteiger charge is 2.40. The molecule has 0 saturated carbocycles. The summed E-state index contributed by atoms with van der Waals surface area (Å²) in [6, 6.07) is 2.00. The topological polar surface area (TPSA) is 71.7 Å². The summed E-state index contributed by atoms with van der Waals surface area (Å²) < 4.78 is 11.3. The molecular weight excluding hydrogens is 320 g/mol. The molecule has 2 fully saturated rings. The summed E-state index contributed by atoms with van der Waals surface area (Å²) in [6.45, 7) is 4.81. The van der Waals surface area contributed by atoms with E-state index in [2.05, 4.69) is 14.9 Å². The third-order valence-corrected chi connectivity index (χ3v) is 5.06. The van der Waals surface area contributed by atoms with Gasteiger partial charge in [-0.25, -0.2) is 4.98 Å². The number of piperidine rings is 1. The van der Waals surface area contributed by atoms with Gasteiger partial charge in [-0.15, -0.1) is 0 Å². The van der Waals surface area contributed by atoms with Gasteiger partial charge < -0.3 is 14.1 Å². The van der Waals surface area contributed by atoms with Gasteiger partial charge in [0, 0.05) is 50.7 Å². The van der Waals surface area contributed by atoms with Gasteiger partial charge in [0.1, 0.15) is 5.69 Å². The standard InChI is InChI=1S/C18H22N4O3/c23-17(16-11-19-4-5-20-16)22-6-2-18(3-7-22)14-21(8-10-25-18)12-15-1-9-24-13-15/h1,4-5,9,11,13H,2-3,6-8,10,12,14H2. The maximum atomic E-state index is 12.5. The molecule has 0 aromatic carbocycles. The summed E-state index contributed by atoms with van der Waals surface area (Å²) in [4.78, 5) is 24.9. The van der Waals surface area contributed by atoms with Gasteiger partial charge in [-0.3, -0.25) is 14.7 Å². The minimum atomic E-state index is -0.152. The molecule has 0 atom stereocenters. The van der Waals surface area contributed by atoms with Crippen molar-refractivity contribution in [3.63, 3.8) is 0 Å². The lowest BCUT2D eigenvalue weighted by atomic mass is 9.89. The fourth-order valence-corrected chi connectivity index (χ4v) is 3.69. The molecule has 7 heteroatoms. The van der Waals surface area contributed by atoms with Crippen molar-refractivity contribution in [3.8, 4) is 0 Å². The van der Waals surface area contributed by atoms with Crippen LogP contribution in [0, 0.1) is 0 Å². The molecule has 7 nitrogen and oxygen atoms in total. The van der Waals surface area contributed by atoms with Crippen molar-refractivity contribution < 1.29 is 13.9 Å². The van der Waals surface area contributed by atoms with Gasteiger partial charge in [-0.2, -0.15) is 0 Å². The monoisotopic (exact) mass is 342 g/mol. The lowest BCUT2D eigenvalue weighted by molar-refractivity contribution is -0.134. The van der Waals surface area contributed by atoms with Crippen molar-refractivity contribution in [1.29, 1.82) is 0 Å². The number of carbonyl (C=O) groups excluding carboxylic acids is 1. The number of rotatable bonds is 3. The number of hydrogen-bond acceptors (Lipinski definition) is 6. The predicted octanol–water partition coefficient (Wildman–Crippen LogP) is 1.58. The van der Waals surface area contributed by atoms with Crippen LogP contribution in [-0.2, 0) is 11.3 Å². The quantitative estimate of drug-likeness (QED) is 0.843. The first-order valence-electron chi connectivity index (χ1n) is 8.67. The van der Waals surface area contributed by atoms with Crippen molar-refractivity contribution in [2.45, 2.75) is 25.0 Å². The zero-order valence-corrected chi connectivity index (χ0v) is 14.1. The number of morpholine rings is 1. The second-order valence-electron chi connectivity index (χ2n) is 6.76. The fraction of sp³-hybridized carbons (Fsp3) is 0.500. The van der Waals surface area contributed by atoms with E-state index in [0.717, 1.165) is 39.1 Å². The first kappa shape index (κ1) is 16.2. The Labute approximate surface area is 146 Å². The van der Waals surface area contributed by atoms with E-state index in [1.165, 1.54) is 11.8 Å². The normalized spacial score (nSPS) is 20.7. The molecule has 2 aliphatic heterocycles. The molecule has 2 aromatic rings. The summed E-state index contributed by atoms with van der Waals surface area (Å²) in [5, 5.41) is 0. The highest BCUT2D eigenvalue weighted by atomic mass is 16.5. The molecule has 1 amide bonds. The van der Waals surface area contributed by atoms with Gasteiger partial charge in [0.2, 0.25) is 0 Å². The molecule has 0 aliphatic carbocycles. The van der Waals surface area contributed by atoms with Crippen molar-refractivity contribution >= 4 is 5.91 Å². The van der Waals surface area contributed by atoms with E-state index in [9.17, 15) is 4.79 Å². The van der Waals surface area contributed by atoms with Crippen molar-refractivity contribution in [1.82, 2.24) is 19.8 Å². The Balaban J connectivity index is 1.36. The van der Waals surface area contributed by atoms with E-state index < -0.39 is 0 Å². The lowest BCUT2D eigenvalue weighted by Gasteiger charge is -2.47. The molecule has 2 aromatic heterocycles. The Morgan fingerprint density at radius 3 is 2.84 bits per heavy atom. The summed E-state index contributed by atoms with van der Waals surface area (Å²) in [7, 11) is 0. The molecule has 132 valence electrons. The van der Waals surface area contributed by atoms with E-state index in [4.69, 9.17) is 9.15 Å². The Bertz CT molecular complexity index is 696. The van der Waals surface area contributed by atoms with Crippen LogP contribution in [0.3, 0.4) is 0 Å². The highest BCUT2D eigenvalue weighted by molar-refractivity contribution is 5.92. The average Bonchev–Trinajstić information content (AvgIpc) is 3.16. The smallest absolute Gasteiger partial charge is 0.274 e. The SMILES string of the molecule is O=C(c1cnccn1)N1CCC2(CC1)CN(Cc1ccoc1)CCO2. The number of aromatic nitrogens is 2. The molecule has 0 radical (unpaired) electrons. The molecule has 25 heavy (non-hydrogen) atoms. The maximum absolute atomic E-state index is 12.5. The fourth-order valence-electron chi connectivity index (χ4n) is 3.69. The van der Waals surface area contributed by atoms with Gasteiger partial charge in [0.25, 0.3) is 5.91 Å². The van der Waals surface area contributed by atoms with Crippen LogP contribution in [0.15, 0.2) is 41.6 Å². The van der Waals surface area contributed by atoms with E-state index in [1.54, 1.807) is 24.9 Å². The number of hydrogen-bond donors (Lipinski definition) is 0. The first-order chi connectivity index (χ1) is 12.2. The average molecular weight is 342 g/mol. The first-order valence-corrected chi connectivity index (χ1v) is 8.67. The second kappa shape index (κ2) is 6.93. The van der Waals surface area contributed by atoms with Crippen LogP contribution in [0.1, 0.15) is 28.9 Å². The molecule has 4 rings (SSSR count). The highest BCUT2D eigenvalue weighted by Crippen LogP contribution is 2.31. The Morgan fingerprint density at radius 1 is 1.24 bits per heavy atom. The second-order valence-corrected chi connectivity index (χ2v) is 6.76. The van der Waals surface area contributed by atoms with E-state index in [-0.39, 0.29) is 11.5 Å². The van der Waals surface area contributed by atoms with Gasteiger partial charge in [-0.05, 0) is 18.9 Å².